The Hall–Kier alpha value is -3.18. The molecule has 5 atom stereocenters. The molecule has 4 aliphatic rings. The lowest BCUT2D eigenvalue weighted by molar-refractivity contribution is -0.144. The number of esters is 1. The molecule has 0 aromatic carbocycles. The summed E-state index contributed by atoms with van der Waals surface area (Å²) in [5.41, 5.74) is 5.16. The smallest absolute Gasteiger partial charge is 0.315 e. The van der Waals surface area contributed by atoms with Crippen molar-refractivity contribution in [3.63, 3.8) is 0 Å². The maximum absolute atomic E-state index is 14.2. The Labute approximate surface area is 247 Å². The van der Waals surface area contributed by atoms with Crippen molar-refractivity contribution in [2.24, 2.45) is 34.8 Å². The Morgan fingerprint density at radius 3 is 2.26 bits per heavy atom. The van der Waals surface area contributed by atoms with Gasteiger partial charge in [0, 0.05) is 13.1 Å². The molecule has 3 aliphatic carbocycles. The first-order valence-electron chi connectivity index (χ1n) is 15.6. The number of Topliss-reactive ketones (excluding diaryl/α,β-unsaturated/α-hetero) is 1. The van der Waals surface area contributed by atoms with E-state index in [1.165, 1.54) is 0 Å². The molecule has 4 rings (SSSR count). The van der Waals surface area contributed by atoms with Crippen molar-refractivity contribution in [2.45, 2.75) is 103 Å². The van der Waals surface area contributed by atoms with Gasteiger partial charge >= 0.3 is 12.0 Å². The van der Waals surface area contributed by atoms with E-state index in [9.17, 15) is 28.8 Å². The monoisotopic (exact) mass is 589 g/mol. The van der Waals surface area contributed by atoms with Crippen LogP contribution >= 0.6 is 0 Å². The van der Waals surface area contributed by atoms with E-state index < -0.39 is 47.7 Å². The molecule has 1 saturated heterocycles. The van der Waals surface area contributed by atoms with E-state index in [0.29, 0.717) is 13.0 Å². The summed E-state index contributed by atoms with van der Waals surface area (Å²) in [7, 11) is 0. The van der Waals surface area contributed by atoms with Crippen LogP contribution in [0.4, 0.5) is 4.79 Å². The highest BCUT2D eigenvalue weighted by molar-refractivity contribution is 6.37. The first kappa shape index (κ1) is 31.7. The van der Waals surface area contributed by atoms with Gasteiger partial charge in [-0.3, -0.25) is 24.0 Å². The Balaban J connectivity index is 1.49. The lowest BCUT2D eigenvalue weighted by Gasteiger charge is -2.37. The average Bonchev–Trinajstić information content (AvgIpc) is 3.24. The number of nitrogens with zero attached hydrogens (tertiary/aromatic N) is 1. The van der Waals surface area contributed by atoms with E-state index in [4.69, 9.17) is 10.5 Å². The largest absolute Gasteiger partial charge is 0.466 e. The van der Waals surface area contributed by atoms with E-state index in [-0.39, 0.29) is 54.6 Å². The zero-order valence-corrected chi connectivity index (χ0v) is 25.1. The van der Waals surface area contributed by atoms with E-state index in [1.807, 2.05) is 0 Å². The lowest BCUT2D eigenvalue weighted by Crippen LogP contribution is -2.60. The van der Waals surface area contributed by atoms with Crippen LogP contribution in [0.2, 0.25) is 0 Å². The summed E-state index contributed by atoms with van der Waals surface area (Å²) >= 11 is 0. The summed E-state index contributed by atoms with van der Waals surface area (Å²) in [6.45, 7) is 6.54. The molecule has 0 radical (unpaired) electrons. The van der Waals surface area contributed by atoms with Crippen molar-refractivity contribution in [3.05, 3.63) is 0 Å². The first-order valence-corrected chi connectivity index (χ1v) is 15.6. The highest BCUT2D eigenvalue weighted by atomic mass is 16.5. The number of urea groups is 1. The number of piperidine rings is 1. The summed E-state index contributed by atoms with van der Waals surface area (Å²) in [6, 6.07) is -3.22. The van der Waals surface area contributed by atoms with Crippen molar-refractivity contribution in [1.82, 2.24) is 20.9 Å². The van der Waals surface area contributed by atoms with Crippen LogP contribution in [0.5, 0.6) is 0 Å². The highest BCUT2D eigenvalue weighted by Crippen LogP contribution is 2.65. The van der Waals surface area contributed by atoms with Gasteiger partial charge in [-0.25, -0.2) is 4.79 Å². The molecule has 42 heavy (non-hydrogen) atoms. The third kappa shape index (κ3) is 7.06. The minimum atomic E-state index is -1.08. The lowest BCUT2D eigenvalue weighted by atomic mass is 9.80. The Bertz CT molecular complexity index is 1070. The molecule has 4 fully saturated rings. The molecule has 0 aromatic heterocycles. The van der Waals surface area contributed by atoms with Gasteiger partial charge in [0.05, 0.1) is 19.1 Å². The SMILES string of the molecule is CCOC(=O)CCNC(=O)N[C@H](C(=O)N1C[C@H]2[C@@H]([C@H]1C(=O)NC(CC1CCC1)C(=O)C(N)=O)C2(C)C)C1CCCCC1. The van der Waals surface area contributed by atoms with Gasteiger partial charge in [-0.15, -0.1) is 0 Å². The van der Waals surface area contributed by atoms with Crippen LogP contribution in [0, 0.1) is 29.1 Å². The van der Waals surface area contributed by atoms with Gasteiger partial charge in [-0.2, -0.15) is 0 Å². The number of ketones is 1. The number of hydrogen-bond acceptors (Lipinski definition) is 7. The van der Waals surface area contributed by atoms with E-state index in [0.717, 1.165) is 51.4 Å². The van der Waals surface area contributed by atoms with Crippen LogP contribution in [0.25, 0.3) is 0 Å². The van der Waals surface area contributed by atoms with Crippen LogP contribution in [-0.2, 0) is 28.7 Å². The van der Waals surface area contributed by atoms with Crippen molar-refractivity contribution < 1.29 is 33.5 Å². The molecule has 1 heterocycles. The second-order valence-electron chi connectivity index (χ2n) is 13.0. The molecule has 12 heteroatoms. The Morgan fingerprint density at radius 1 is 0.976 bits per heavy atom. The van der Waals surface area contributed by atoms with Gasteiger partial charge in [0.2, 0.25) is 17.6 Å². The van der Waals surface area contributed by atoms with Gasteiger partial charge < -0.3 is 31.3 Å². The summed E-state index contributed by atoms with van der Waals surface area (Å²) in [6.07, 6.45) is 7.78. The van der Waals surface area contributed by atoms with Crippen LogP contribution in [0.1, 0.15) is 85.0 Å². The van der Waals surface area contributed by atoms with Crippen molar-refractivity contribution >= 4 is 35.5 Å². The van der Waals surface area contributed by atoms with Crippen molar-refractivity contribution in [3.8, 4) is 0 Å². The number of likely N-dealkylation sites (tertiary alicyclic amines) is 1. The molecule has 0 bridgehead atoms. The maximum atomic E-state index is 14.2. The number of rotatable bonds is 13. The topological polar surface area (TPSA) is 177 Å². The van der Waals surface area contributed by atoms with E-state index in [2.05, 4.69) is 29.8 Å². The highest BCUT2D eigenvalue weighted by Gasteiger charge is 2.69. The van der Waals surface area contributed by atoms with Gasteiger partial charge in [0.15, 0.2) is 0 Å². The van der Waals surface area contributed by atoms with Crippen LogP contribution in [-0.4, -0.2) is 78.2 Å². The Morgan fingerprint density at radius 2 is 1.67 bits per heavy atom. The second-order valence-corrected chi connectivity index (χ2v) is 13.0. The number of amides is 5. The summed E-state index contributed by atoms with van der Waals surface area (Å²) in [5, 5.41) is 8.30. The molecule has 5 N–H and O–H groups in total. The number of ether oxygens (including phenoxy) is 1. The molecular weight excluding hydrogens is 542 g/mol. The number of hydrogen-bond donors (Lipinski definition) is 4. The third-order valence-corrected chi connectivity index (χ3v) is 10.0. The standard InChI is InChI=1S/C30H47N5O7/c1-4-42-21(36)13-14-32-29(41)34-23(18-11-6-5-7-12-18)28(40)35-16-19-22(30(19,2)3)24(35)27(39)33-20(25(37)26(31)38)15-17-9-8-10-17/h17-20,22-24H,4-16H2,1-3H3,(H2,31,38)(H,33,39)(H2,32,34,41)/t19-,20?,22-,23-,24-/m0/s1. The van der Waals surface area contributed by atoms with Gasteiger partial charge in [-0.1, -0.05) is 52.4 Å². The molecule has 0 spiro atoms. The number of nitrogens with one attached hydrogen (secondary N) is 3. The van der Waals surface area contributed by atoms with Gasteiger partial charge in [-0.05, 0) is 55.3 Å². The quantitative estimate of drug-likeness (QED) is 0.185. The maximum Gasteiger partial charge on any atom is 0.315 e. The normalized spacial score (nSPS) is 26.2. The van der Waals surface area contributed by atoms with Crippen LogP contribution in [0.15, 0.2) is 0 Å². The van der Waals surface area contributed by atoms with Crippen LogP contribution in [0.3, 0.4) is 0 Å². The number of carbonyl (C=O) groups is 6. The predicted octanol–water partition coefficient (Wildman–Crippen LogP) is 1.40. The predicted molar refractivity (Wildman–Crippen MR) is 152 cm³/mol. The van der Waals surface area contributed by atoms with Crippen LogP contribution < -0.4 is 21.7 Å². The molecular formula is C30H47N5O7. The molecule has 3 saturated carbocycles. The van der Waals surface area contributed by atoms with Crippen molar-refractivity contribution in [2.75, 3.05) is 19.7 Å². The number of fused-ring (bicyclic) bond motifs is 1. The number of primary amides is 1. The van der Waals surface area contributed by atoms with Gasteiger partial charge in [0.25, 0.3) is 5.91 Å². The molecule has 12 nitrogen and oxygen atoms in total. The first-order chi connectivity index (χ1) is 19.9. The minimum absolute atomic E-state index is 0.0160. The summed E-state index contributed by atoms with van der Waals surface area (Å²) in [5.74, 6) is -2.93. The zero-order valence-electron chi connectivity index (χ0n) is 25.1. The fraction of sp³-hybridized carbons (Fsp3) is 0.800. The number of carbonyl (C=O) groups excluding carboxylic acids is 6. The molecule has 1 aliphatic heterocycles. The molecule has 0 aromatic rings. The zero-order chi connectivity index (χ0) is 30.6. The molecule has 1 unspecified atom stereocenters. The molecule has 234 valence electrons. The summed E-state index contributed by atoms with van der Waals surface area (Å²) < 4.78 is 4.90. The molecule has 5 amide bonds. The average molecular weight is 590 g/mol. The van der Waals surface area contributed by atoms with Crippen molar-refractivity contribution in [1.29, 1.82) is 0 Å². The Kier molecular flexibility index (Phi) is 10.1. The second kappa shape index (κ2) is 13.4. The minimum Gasteiger partial charge on any atom is -0.466 e. The fourth-order valence-corrected chi connectivity index (χ4v) is 7.27. The number of nitrogens with two attached hydrogens (primary N) is 1. The fourth-order valence-electron chi connectivity index (χ4n) is 7.27. The van der Waals surface area contributed by atoms with Gasteiger partial charge in [0.1, 0.15) is 12.1 Å². The van der Waals surface area contributed by atoms with E-state index in [1.54, 1.807) is 11.8 Å². The third-order valence-electron chi connectivity index (χ3n) is 10.0. The summed E-state index contributed by atoms with van der Waals surface area (Å²) in [4.78, 5) is 78.5. The van der Waals surface area contributed by atoms with E-state index >= 15 is 0 Å².